The van der Waals surface area contributed by atoms with Gasteiger partial charge in [0.2, 0.25) is 0 Å². The molecular formula is C14H32N2O. The van der Waals surface area contributed by atoms with Crippen LogP contribution in [0.4, 0.5) is 0 Å². The van der Waals surface area contributed by atoms with Crippen LogP contribution in [0.3, 0.4) is 0 Å². The van der Waals surface area contributed by atoms with E-state index in [4.69, 9.17) is 16.2 Å². The van der Waals surface area contributed by atoms with E-state index in [1.54, 1.807) is 0 Å². The van der Waals surface area contributed by atoms with Crippen molar-refractivity contribution < 1.29 is 4.74 Å². The molecule has 2 unspecified atom stereocenters. The van der Waals surface area contributed by atoms with Crippen molar-refractivity contribution >= 4 is 0 Å². The van der Waals surface area contributed by atoms with Gasteiger partial charge in [-0.15, -0.1) is 0 Å². The summed E-state index contributed by atoms with van der Waals surface area (Å²) in [4.78, 5) is 0. The van der Waals surface area contributed by atoms with Gasteiger partial charge in [0.05, 0.1) is 6.61 Å². The molecule has 0 amide bonds. The van der Waals surface area contributed by atoms with Gasteiger partial charge in [0.1, 0.15) is 6.23 Å². The largest absolute Gasteiger partial charge is 0.364 e. The molecule has 0 aliphatic carbocycles. The molecule has 0 rings (SSSR count). The topological polar surface area (TPSA) is 61.3 Å². The average Bonchev–Trinajstić information content (AvgIpc) is 2.30. The highest BCUT2D eigenvalue weighted by molar-refractivity contribution is 4.61. The van der Waals surface area contributed by atoms with Crippen molar-refractivity contribution in [3.05, 3.63) is 0 Å². The predicted octanol–water partition coefficient (Wildman–Crippen LogP) is 3.17. The number of ether oxygens (including phenoxy) is 1. The zero-order valence-electron chi connectivity index (χ0n) is 11.8. The summed E-state index contributed by atoms with van der Waals surface area (Å²) in [6.07, 6.45) is 10.3. The molecule has 4 N–H and O–H groups in total. The summed E-state index contributed by atoms with van der Waals surface area (Å²) < 4.78 is 5.56. The van der Waals surface area contributed by atoms with Crippen molar-refractivity contribution in [1.82, 2.24) is 0 Å². The maximum absolute atomic E-state index is 6.00. The van der Waals surface area contributed by atoms with Gasteiger partial charge in [-0.2, -0.15) is 0 Å². The maximum atomic E-state index is 6.00. The Morgan fingerprint density at radius 3 is 2.00 bits per heavy atom. The number of hydrogen-bond donors (Lipinski definition) is 2. The SMILES string of the molecule is CCCCCC(N)CCOC(N)CCCCC. The molecule has 3 nitrogen and oxygen atoms in total. The molecule has 0 aliphatic heterocycles. The van der Waals surface area contributed by atoms with Crippen LogP contribution in [-0.4, -0.2) is 18.9 Å². The molecule has 2 atom stereocenters. The summed E-state index contributed by atoms with van der Waals surface area (Å²) in [7, 11) is 0. The van der Waals surface area contributed by atoms with E-state index in [1.807, 2.05) is 0 Å². The molecule has 0 aromatic rings. The minimum atomic E-state index is -0.0932. The van der Waals surface area contributed by atoms with Crippen LogP contribution in [0.1, 0.15) is 71.6 Å². The summed E-state index contributed by atoms with van der Waals surface area (Å²) in [6, 6.07) is 0.282. The molecule has 3 heteroatoms. The summed E-state index contributed by atoms with van der Waals surface area (Å²) in [5, 5.41) is 0. The summed E-state index contributed by atoms with van der Waals surface area (Å²) in [5.41, 5.74) is 11.9. The van der Waals surface area contributed by atoms with Gasteiger partial charge in [0.25, 0.3) is 0 Å². The van der Waals surface area contributed by atoms with E-state index >= 15 is 0 Å². The van der Waals surface area contributed by atoms with E-state index in [9.17, 15) is 0 Å². The number of rotatable bonds is 12. The molecule has 0 aliphatic rings. The van der Waals surface area contributed by atoms with Gasteiger partial charge in [-0.25, -0.2) is 0 Å². The van der Waals surface area contributed by atoms with Crippen LogP contribution in [-0.2, 0) is 4.74 Å². The van der Waals surface area contributed by atoms with Gasteiger partial charge in [0.15, 0.2) is 0 Å². The fourth-order valence-electron chi connectivity index (χ4n) is 1.85. The van der Waals surface area contributed by atoms with Gasteiger partial charge in [-0.1, -0.05) is 46.0 Å². The van der Waals surface area contributed by atoms with E-state index in [1.165, 1.54) is 38.5 Å². The van der Waals surface area contributed by atoms with Gasteiger partial charge in [-0.05, 0) is 25.7 Å². The highest BCUT2D eigenvalue weighted by Gasteiger charge is 2.05. The Morgan fingerprint density at radius 2 is 1.41 bits per heavy atom. The molecule has 0 saturated heterocycles. The van der Waals surface area contributed by atoms with Gasteiger partial charge in [0, 0.05) is 6.04 Å². The van der Waals surface area contributed by atoms with Crippen LogP contribution < -0.4 is 11.5 Å². The number of unbranched alkanes of at least 4 members (excludes halogenated alkanes) is 4. The second kappa shape index (κ2) is 12.3. The zero-order valence-corrected chi connectivity index (χ0v) is 11.8. The molecule has 0 radical (unpaired) electrons. The Kier molecular flexibility index (Phi) is 12.3. The molecule has 17 heavy (non-hydrogen) atoms. The van der Waals surface area contributed by atoms with Crippen molar-refractivity contribution in [1.29, 1.82) is 0 Å². The van der Waals surface area contributed by atoms with Crippen LogP contribution >= 0.6 is 0 Å². The molecule has 0 fully saturated rings. The third kappa shape index (κ3) is 12.1. The first-order valence-corrected chi connectivity index (χ1v) is 7.33. The second-order valence-corrected chi connectivity index (χ2v) is 4.95. The highest BCUT2D eigenvalue weighted by atomic mass is 16.5. The van der Waals surface area contributed by atoms with E-state index in [2.05, 4.69) is 13.8 Å². The van der Waals surface area contributed by atoms with Crippen LogP contribution in [0.25, 0.3) is 0 Å². The van der Waals surface area contributed by atoms with E-state index in [0.29, 0.717) is 6.61 Å². The first kappa shape index (κ1) is 16.9. The highest BCUT2D eigenvalue weighted by Crippen LogP contribution is 2.06. The normalized spacial score (nSPS) is 14.8. The maximum Gasteiger partial charge on any atom is 0.105 e. The first-order chi connectivity index (χ1) is 8.20. The monoisotopic (exact) mass is 244 g/mol. The zero-order chi connectivity index (χ0) is 12.9. The van der Waals surface area contributed by atoms with Crippen LogP contribution in [0, 0.1) is 0 Å². The number of hydrogen-bond acceptors (Lipinski definition) is 3. The van der Waals surface area contributed by atoms with Crippen molar-refractivity contribution in [3.63, 3.8) is 0 Å². The molecule has 0 saturated carbocycles. The Balaban J connectivity index is 3.29. The minimum Gasteiger partial charge on any atom is -0.364 e. The molecule has 0 heterocycles. The van der Waals surface area contributed by atoms with Gasteiger partial charge >= 0.3 is 0 Å². The Morgan fingerprint density at radius 1 is 0.824 bits per heavy atom. The minimum absolute atomic E-state index is 0.0932. The van der Waals surface area contributed by atoms with E-state index in [-0.39, 0.29) is 12.3 Å². The van der Waals surface area contributed by atoms with E-state index in [0.717, 1.165) is 19.3 Å². The van der Waals surface area contributed by atoms with E-state index < -0.39 is 0 Å². The summed E-state index contributed by atoms with van der Waals surface area (Å²) in [6.45, 7) is 5.12. The Labute approximate surface area is 107 Å². The molecule has 0 aromatic carbocycles. The van der Waals surface area contributed by atoms with Crippen molar-refractivity contribution in [3.8, 4) is 0 Å². The second-order valence-electron chi connectivity index (χ2n) is 4.95. The summed E-state index contributed by atoms with van der Waals surface area (Å²) >= 11 is 0. The van der Waals surface area contributed by atoms with Crippen molar-refractivity contribution in [2.75, 3.05) is 6.61 Å². The third-order valence-corrected chi connectivity index (χ3v) is 3.09. The first-order valence-electron chi connectivity index (χ1n) is 7.33. The quantitative estimate of drug-likeness (QED) is 0.409. The lowest BCUT2D eigenvalue weighted by Crippen LogP contribution is -2.27. The smallest absolute Gasteiger partial charge is 0.105 e. The van der Waals surface area contributed by atoms with Crippen LogP contribution in [0.5, 0.6) is 0 Å². The lowest BCUT2D eigenvalue weighted by atomic mass is 10.1. The molecule has 104 valence electrons. The average molecular weight is 244 g/mol. The lowest BCUT2D eigenvalue weighted by molar-refractivity contribution is 0.0455. The standard InChI is InChI=1S/C14H32N2O/c1-3-5-7-9-13(15)11-12-17-14(16)10-8-6-4-2/h13-14H,3-12,15-16H2,1-2H3. The molecule has 0 spiro atoms. The van der Waals surface area contributed by atoms with Crippen molar-refractivity contribution in [2.24, 2.45) is 11.5 Å². The molecule has 0 bridgehead atoms. The Bertz CT molecular complexity index is 137. The Hall–Kier alpha value is -0.120. The van der Waals surface area contributed by atoms with Crippen molar-refractivity contribution in [2.45, 2.75) is 83.9 Å². The fraction of sp³-hybridized carbons (Fsp3) is 1.00. The van der Waals surface area contributed by atoms with Crippen LogP contribution in [0.2, 0.25) is 0 Å². The van der Waals surface area contributed by atoms with Gasteiger partial charge < -0.3 is 16.2 Å². The third-order valence-electron chi connectivity index (χ3n) is 3.09. The van der Waals surface area contributed by atoms with Gasteiger partial charge in [-0.3, -0.25) is 0 Å². The fourth-order valence-corrected chi connectivity index (χ4v) is 1.85. The number of nitrogens with two attached hydrogens (primary N) is 2. The van der Waals surface area contributed by atoms with Crippen LogP contribution in [0.15, 0.2) is 0 Å². The summed E-state index contributed by atoms with van der Waals surface area (Å²) in [5.74, 6) is 0. The molecule has 0 aromatic heterocycles. The molecular weight excluding hydrogens is 212 g/mol. The predicted molar refractivity (Wildman–Crippen MR) is 74.8 cm³/mol. The lowest BCUT2D eigenvalue weighted by Gasteiger charge is -2.15.